The summed E-state index contributed by atoms with van der Waals surface area (Å²) in [4.78, 5) is 0. The van der Waals surface area contributed by atoms with Crippen LogP contribution in [0.15, 0.2) is 34.8 Å². The monoisotopic (exact) mass is 406 g/mol. The maximum Gasteiger partial charge on any atom is 0.139 e. The second-order valence-electron chi connectivity index (χ2n) is 4.60. The maximum absolute atomic E-state index is 6.61. The van der Waals surface area contributed by atoms with Crippen LogP contribution in [0.1, 0.15) is 29.0 Å². The number of alkyl halides is 1. The third kappa shape index (κ3) is 3.87. The Morgan fingerprint density at radius 1 is 1.10 bits per heavy atom. The Hall–Kier alpha value is -0.410. The van der Waals surface area contributed by atoms with Crippen LogP contribution >= 0.6 is 50.7 Å². The zero-order chi connectivity index (χ0) is 15.6. The minimum atomic E-state index is -0.372. The number of halogens is 4. The number of hydrogen-bond donors (Lipinski definition) is 0. The van der Waals surface area contributed by atoms with Gasteiger partial charge in [0.2, 0.25) is 0 Å². The van der Waals surface area contributed by atoms with E-state index in [2.05, 4.69) is 15.9 Å². The smallest absolute Gasteiger partial charge is 0.139 e. The van der Waals surface area contributed by atoms with Crippen LogP contribution in [0.25, 0.3) is 0 Å². The highest BCUT2D eigenvalue weighted by atomic mass is 79.9. The van der Waals surface area contributed by atoms with Crippen molar-refractivity contribution in [1.82, 2.24) is 0 Å². The summed E-state index contributed by atoms with van der Waals surface area (Å²) >= 11 is 22.6. The van der Waals surface area contributed by atoms with Crippen molar-refractivity contribution in [2.45, 2.75) is 19.2 Å². The summed E-state index contributed by atoms with van der Waals surface area (Å²) in [6.07, 6.45) is 0. The first-order chi connectivity index (χ1) is 9.93. The van der Waals surface area contributed by atoms with Crippen molar-refractivity contribution in [1.29, 1.82) is 0 Å². The Labute approximate surface area is 148 Å². The van der Waals surface area contributed by atoms with Crippen molar-refractivity contribution in [2.75, 3.05) is 6.61 Å². The fraction of sp³-hybridized carbons (Fsp3) is 0.250. The number of aryl methyl sites for hydroxylation is 1. The zero-order valence-electron chi connectivity index (χ0n) is 11.6. The predicted molar refractivity (Wildman–Crippen MR) is 94.2 cm³/mol. The summed E-state index contributed by atoms with van der Waals surface area (Å²) in [5, 5.41) is 0.681. The molecule has 5 heteroatoms. The lowest BCUT2D eigenvalue weighted by Gasteiger charge is -2.17. The van der Waals surface area contributed by atoms with E-state index in [1.807, 2.05) is 32.0 Å². The SMILES string of the molecule is CCOc1cc(Cl)c(C(Cl)c2cc(Br)ccc2C)cc1Cl. The fourth-order valence-corrected chi connectivity index (χ4v) is 3.40. The van der Waals surface area contributed by atoms with Crippen LogP contribution in [0, 0.1) is 6.92 Å². The van der Waals surface area contributed by atoms with Gasteiger partial charge in [0.25, 0.3) is 0 Å². The van der Waals surface area contributed by atoms with E-state index in [1.54, 1.807) is 12.1 Å². The number of rotatable bonds is 4. The van der Waals surface area contributed by atoms with Crippen molar-refractivity contribution < 1.29 is 4.74 Å². The normalized spacial score (nSPS) is 12.3. The van der Waals surface area contributed by atoms with Crippen LogP contribution < -0.4 is 4.74 Å². The fourth-order valence-electron chi connectivity index (χ4n) is 2.06. The van der Waals surface area contributed by atoms with E-state index >= 15 is 0 Å². The van der Waals surface area contributed by atoms with Gasteiger partial charge in [0.1, 0.15) is 5.75 Å². The molecule has 0 radical (unpaired) electrons. The van der Waals surface area contributed by atoms with Gasteiger partial charge in [-0.25, -0.2) is 0 Å². The van der Waals surface area contributed by atoms with Gasteiger partial charge < -0.3 is 4.74 Å². The van der Waals surface area contributed by atoms with E-state index < -0.39 is 0 Å². The summed E-state index contributed by atoms with van der Waals surface area (Å²) in [5.74, 6) is 0.572. The molecular weight excluding hydrogens is 394 g/mol. The Balaban J connectivity index is 2.46. The predicted octanol–water partition coefficient (Wildman–Crippen LogP) is 6.79. The van der Waals surface area contributed by atoms with Crippen LogP contribution in [-0.4, -0.2) is 6.61 Å². The maximum atomic E-state index is 6.61. The summed E-state index contributed by atoms with van der Waals surface area (Å²) < 4.78 is 6.41. The molecule has 0 N–H and O–H groups in total. The average Bonchev–Trinajstić information content (AvgIpc) is 2.44. The van der Waals surface area contributed by atoms with Crippen molar-refractivity contribution >= 4 is 50.7 Å². The Kier molecular flexibility index (Phi) is 5.84. The quantitative estimate of drug-likeness (QED) is 0.506. The van der Waals surface area contributed by atoms with Crippen molar-refractivity contribution in [3.8, 4) is 5.75 Å². The van der Waals surface area contributed by atoms with Gasteiger partial charge in [-0.05, 0) is 48.7 Å². The standard InChI is InChI=1S/C16H14BrCl3O/c1-3-21-15-8-13(18)12(7-14(15)19)16(20)11-6-10(17)5-4-9(11)2/h4-8,16H,3H2,1-2H3. The second kappa shape index (κ2) is 7.23. The van der Waals surface area contributed by atoms with Crippen molar-refractivity contribution in [3.05, 3.63) is 61.5 Å². The Morgan fingerprint density at radius 3 is 2.48 bits per heavy atom. The van der Waals surface area contributed by atoms with E-state index in [0.717, 1.165) is 21.2 Å². The van der Waals surface area contributed by atoms with Gasteiger partial charge in [-0.3, -0.25) is 0 Å². The summed E-state index contributed by atoms with van der Waals surface area (Å²) in [6.45, 7) is 4.44. The number of ether oxygens (including phenoxy) is 1. The molecule has 0 amide bonds. The summed E-state index contributed by atoms with van der Waals surface area (Å²) in [6, 6.07) is 9.47. The van der Waals surface area contributed by atoms with Crippen LogP contribution in [0.5, 0.6) is 5.75 Å². The van der Waals surface area contributed by atoms with E-state index in [4.69, 9.17) is 39.5 Å². The van der Waals surface area contributed by atoms with Crippen LogP contribution in [0.2, 0.25) is 10.0 Å². The summed E-state index contributed by atoms with van der Waals surface area (Å²) in [5.41, 5.74) is 2.86. The van der Waals surface area contributed by atoms with E-state index in [1.165, 1.54) is 0 Å². The van der Waals surface area contributed by atoms with Crippen LogP contribution in [0.4, 0.5) is 0 Å². The van der Waals surface area contributed by atoms with Crippen LogP contribution in [0.3, 0.4) is 0 Å². The van der Waals surface area contributed by atoms with Gasteiger partial charge in [0.05, 0.1) is 17.0 Å². The highest BCUT2D eigenvalue weighted by Gasteiger charge is 2.19. The van der Waals surface area contributed by atoms with Gasteiger partial charge in [-0.2, -0.15) is 0 Å². The molecule has 0 aliphatic rings. The molecule has 1 atom stereocenters. The second-order valence-corrected chi connectivity index (χ2v) is 6.77. The molecule has 1 unspecified atom stereocenters. The molecule has 0 heterocycles. The zero-order valence-corrected chi connectivity index (χ0v) is 15.4. The molecule has 0 spiro atoms. The number of benzene rings is 2. The average molecular weight is 409 g/mol. The molecular formula is C16H14BrCl3O. The minimum absolute atomic E-state index is 0.372. The first kappa shape index (κ1) is 17.0. The van der Waals surface area contributed by atoms with Gasteiger partial charge >= 0.3 is 0 Å². The molecule has 0 bridgehead atoms. The van der Waals surface area contributed by atoms with Gasteiger partial charge in [0.15, 0.2) is 0 Å². The molecule has 2 aromatic carbocycles. The van der Waals surface area contributed by atoms with Gasteiger partial charge in [0, 0.05) is 15.6 Å². The van der Waals surface area contributed by atoms with E-state index in [-0.39, 0.29) is 5.38 Å². The molecule has 1 nitrogen and oxygen atoms in total. The van der Waals surface area contributed by atoms with Gasteiger partial charge in [-0.15, -0.1) is 11.6 Å². The van der Waals surface area contributed by atoms with Gasteiger partial charge in [-0.1, -0.05) is 45.2 Å². The first-order valence-electron chi connectivity index (χ1n) is 6.46. The molecule has 112 valence electrons. The van der Waals surface area contributed by atoms with Crippen molar-refractivity contribution in [3.63, 3.8) is 0 Å². The van der Waals surface area contributed by atoms with Crippen LogP contribution in [-0.2, 0) is 0 Å². The topological polar surface area (TPSA) is 9.23 Å². The minimum Gasteiger partial charge on any atom is -0.492 e. The molecule has 2 aromatic rings. The lowest BCUT2D eigenvalue weighted by Crippen LogP contribution is -1.99. The summed E-state index contributed by atoms with van der Waals surface area (Å²) in [7, 11) is 0. The molecule has 0 aliphatic carbocycles. The Morgan fingerprint density at radius 2 is 1.81 bits per heavy atom. The molecule has 0 aromatic heterocycles. The van der Waals surface area contributed by atoms with E-state index in [0.29, 0.717) is 22.4 Å². The highest BCUT2D eigenvalue weighted by Crippen LogP contribution is 2.40. The van der Waals surface area contributed by atoms with Crippen molar-refractivity contribution in [2.24, 2.45) is 0 Å². The highest BCUT2D eigenvalue weighted by molar-refractivity contribution is 9.10. The molecule has 2 rings (SSSR count). The lowest BCUT2D eigenvalue weighted by atomic mass is 10.00. The molecule has 21 heavy (non-hydrogen) atoms. The molecule has 0 saturated carbocycles. The largest absolute Gasteiger partial charge is 0.492 e. The lowest BCUT2D eigenvalue weighted by molar-refractivity contribution is 0.340. The molecule has 0 saturated heterocycles. The third-order valence-electron chi connectivity index (χ3n) is 3.14. The molecule has 0 fully saturated rings. The Bertz CT molecular complexity index is 658. The number of hydrogen-bond acceptors (Lipinski definition) is 1. The van der Waals surface area contributed by atoms with E-state index in [9.17, 15) is 0 Å². The molecule has 0 aliphatic heterocycles. The first-order valence-corrected chi connectivity index (χ1v) is 8.44. The third-order valence-corrected chi connectivity index (χ3v) is 4.72.